The van der Waals surface area contributed by atoms with E-state index in [-0.39, 0.29) is 11.4 Å². The van der Waals surface area contributed by atoms with Crippen LogP contribution in [0.2, 0.25) is 5.02 Å². The van der Waals surface area contributed by atoms with E-state index < -0.39 is 0 Å². The lowest BCUT2D eigenvalue weighted by molar-refractivity contribution is 0.0798. The molecule has 3 fully saturated rings. The normalized spacial score (nSPS) is 25.3. The van der Waals surface area contributed by atoms with Gasteiger partial charge in [-0.1, -0.05) is 41.9 Å². The van der Waals surface area contributed by atoms with Crippen molar-refractivity contribution >= 4 is 17.5 Å². The Morgan fingerprint density at radius 2 is 1.83 bits per heavy atom. The number of carbonyl (C=O) groups excluding carboxylic acids is 1. The van der Waals surface area contributed by atoms with E-state index >= 15 is 0 Å². The Kier molecular flexibility index (Phi) is 4.07. The van der Waals surface area contributed by atoms with Crippen molar-refractivity contribution in [3.8, 4) is 0 Å². The summed E-state index contributed by atoms with van der Waals surface area (Å²) in [6.07, 6.45) is 2.39. The topological polar surface area (TPSA) is 32.3 Å². The highest BCUT2D eigenvalue weighted by Crippen LogP contribution is 2.50. The molecular weight excluding hydrogens is 320 g/mol. The minimum Gasteiger partial charge on any atom is -0.350 e. The Hall–Kier alpha value is -1.84. The van der Waals surface area contributed by atoms with Crippen LogP contribution in [0, 0.1) is 5.92 Å². The molecule has 3 nitrogen and oxygen atoms in total. The Labute approximate surface area is 147 Å². The minimum absolute atomic E-state index is 0.0175. The van der Waals surface area contributed by atoms with Gasteiger partial charge in [-0.2, -0.15) is 0 Å². The van der Waals surface area contributed by atoms with E-state index in [1.54, 1.807) is 24.3 Å². The van der Waals surface area contributed by atoms with Crippen molar-refractivity contribution in [3.63, 3.8) is 0 Å². The van der Waals surface area contributed by atoms with Gasteiger partial charge in [0.2, 0.25) is 0 Å². The lowest BCUT2D eigenvalue weighted by atomic mass is 9.73. The molecule has 2 bridgehead atoms. The molecular formula is C20H21ClN2O. The average molecular weight is 341 g/mol. The summed E-state index contributed by atoms with van der Waals surface area (Å²) in [6, 6.07) is 17.6. The lowest BCUT2D eigenvalue weighted by Crippen LogP contribution is -2.53. The van der Waals surface area contributed by atoms with E-state index in [0.717, 1.165) is 25.6 Å². The molecule has 0 unspecified atom stereocenters. The van der Waals surface area contributed by atoms with Gasteiger partial charge in [-0.15, -0.1) is 0 Å². The Morgan fingerprint density at radius 3 is 2.54 bits per heavy atom. The van der Waals surface area contributed by atoms with Crippen LogP contribution in [0.5, 0.6) is 0 Å². The maximum Gasteiger partial charge on any atom is 0.251 e. The average Bonchev–Trinajstić information content (AvgIpc) is 3.08. The van der Waals surface area contributed by atoms with Gasteiger partial charge in [0.15, 0.2) is 0 Å². The second-order valence-electron chi connectivity index (χ2n) is 7.05. The molecule has 124 valence electrons. The molecule has 2 aromatic carbocycles. The molecule has 5 rings (SSSR count). The summed E-state index contributed by atoms with van der Waals surface area (Å²) in [5.74, 6) is 0.775. The van der Waals surface area contributed by atoms with Gasteiger partial charge in [0.05, 0.1) is 0 Å². The summed E-state index contributed by atoms with van der Waals surface area (Å²) in [7, 11) is 0. The number of rotatable bonds is 5. The SMILES string of the molecule is O=C(NCC12CC(CN1Cc1ccccc1)C2)c1ccc(Cl)cc1. The van der Waals surface area contributed by atoms with Gasteiger partial charge in [0, 0.05) is 35.8 Å². The monoisotopic (exact) mass is 340 g/mol. The number of nitrogens with one attached hydrogen (secondary N) is 1. The fraction of sp³-hybridized carbons (Fsp3) is 0.350. The quantitative estimate of drug-likeness (QED) is 0.899. The van der Waals surface area contributed by atoms with E-state index in [2.05, 4.69) is 40.5 Å². The van der Waals surface area contributed by atoms with Crippen LogP contribution in [-0.4, -0.2) is 29.4 Å². The first-order chi connectivity index (χ1) is 11.6. The van der Waals surface area contributed by atoms with Crippen LogP contribution in [0.4, 0.5) is 0 Å². The molecule has 2 aliphatic heterocycles. The van der Waals surface area contributed by atoms with Crippen molar-refractivity contribution in [2.45, 2.75) is 24.9 Å². The summed E-state index contributed by atoms with van der Waals surface area (Å²) in [6.45, 7) is 2.83. The molecule has 4 heteroatoms. The molecule has 0 atom stereocenters. The number of hydrogen-bond acceptors (Lipinski definition) is 2. The van der Waals surface area contributed by atoms with Crippen LogP contribution in [0.25, 0.3) is 0 Å². The van der Waals surface area contributed by atoms with Crippen LogP contribution < -0.4 is 5.32 Å². The molecule has 2 heterocycles. The Morgan fingerprint density at radius 1 is 1.12 bits per heavy atom. The predicted octanol–water partition coefficient (Wildman–Crippen LogP) is 3.73. The third-order valence-electron chi connectivity index (χ3n) is 5.39. The van der Waals surface area contributed by atoms with Gasteiger partial charge >= 0.3 is 0 Å². The number of benzene rings is 2. The zero-order valence-corrected chi connectivity index (χ0v) is 14.3. The van der Waals surface area contributed by atoms with Crippen molar-refractivity contribution in [1.82, 2.24) is 10.2 Å². The smallest absolute Gasteiger partial charge is 0.251 e. The van der Waals surface area contributed by atoms with Crippen molar-refractivity contribution in [2.75, 3.05) is 13.1 Å². The van der Waals surface area contributed by atoms with Crippen LogP contribution in [0.3, 0.4) is 0 Å². The maximum absolute atomic E-state index is 12.4. The molecule has 2 saturated heterocycles. The highest BCUT2D eigenvalue weighted by atomic mass is 35.5. The molecule has 0 spiro atoms. The van der Waals surface area contributed by atoms with Gasteiger partial charge in [0.25, 0.3) is 5.91 Å². The highest BCUT2D eigenvalue weighted by Gasteiger charge is 2.55. The van der Waals surface area contributed by atoms with Crippen LogP contribution in [0.15, 0.2) is 54.6 Å². The number of fused-ring (bicyclic) bond motifs is 1. The highest BCUT2D eigenvalue weighted by molar-refractivity contribution is 6.30. The van der Waals surface area contributed by atoms with Gasteiger partial charge in [-0.3, -0.25) is 9.69 Å². The number of nitrogens with zero attached hydrogens (tertiary/aromatic N) is 1. The summed E-state index contributed by atoms with van der Waals surface area (Å²) in [5.41, 5.74) is 2.15. The van der Waals surface area contributed by atoms with Crippen molar-refractivity contribution in [1.29, 1.82) is 0 Å². The second-order valence-corrected chi connectivity index (χ2v) is 7.49. The Balaban J connectivity index is 1.40. The predicted molar refractivity (Wildman–Crippen MR) is 96.1 cm³/mol. The fourth-order valence-electron chi connectivity index (χ4n) is 4.15. The fourth-order valence-corrected chi connectivity index (χ4v) is 4.27. The first kappa shape index (κ1) is 15.7. The molecule has 24 heavy (non-hydrogen) atoms. The zero-order valence-electron chi connectivity index (χ0n) is 13.5. The van der Waals surface area contributed by atoms with Gasteiger partial charge in [-0.05, 0) is 48.6 Å². The standard InChI is InChI=1S/C20H21ClN2O/c21-18-8-6-17(7-9-18)19(24)22-14-20-10-16(11-20)13-23(20)12-15-4-2-1-3-5-15/h1-9,16H,10-14H2,(H,22,24). The first-order valence-electron chi connectivity index (χ1n) is 8.47. The van der Waals surface area contributed by atoms with E-state index in [1.165, 1.54) is 18.4 Å². The third kappa shape index (κ3) is 2.94. The largest absolute Gasteiger partial charge is 0.350 e. The van der Waals surface area contributed by atoms with Gasteiger partial charge < -0.3 is 5.32 Å². The summed E-state index contributed by atoms with van der Waals surface area (Å²) in [4.78, 5) is 14.9. The van der Waals surface area contributed by atoms with Crippen molar-refractivity contribution < 1.29 is 4.79 Å². The molecule has 1 amide bonds. The molecule has 1 N–H and O–H groups in total. The molecule has 2 aromatic rings. The number of hydrogen-bond donors (Lipinski definition) is 1. The van der Waals surface area contributed by atoms with Crippen molar-refractivity contribution in [2.24, 2.45) is 5.92 Å². The van der Waals surface area contributed by atoms with E-state index in [1.807, 2.05) is 0 Å². The number of halogens is 1. The number of amides is 1. The van der Waals surface area contributed by atoms with E-state index in [0.29, 0.717) is 10.6 Å². The van der Waals surface area contributed by atoms with E-state index in [9.17, 15) is 4.79 Å². The molecule has 1 aliphatic carbocycles. The summed E-state index contributed by atoms with van der Waals surface area (Å²) < 4.78 is 0. The zero-order chi connectivity index (χ0) is 16.6. The van der Waals surface area contributed by atoms with Gasteiger partial charge in [0.1, 0.15) is 0 Å². The maximum atomic E-state index is 12.4. The molecule has 0 aromatic heterocycles. The first-order valence-corrected chi connectivity index (χ1v) is 8.85. The molecule has 1 saturated carbocycles. The summed E-state index contributed by atoms with van der Waals surface area (Å²) in [5, 5.41) is 3.78. The molecule has 3 aliphatic rings. The second kappa shape index (κ2) is 6.23. The summed E-state index contributed by atoms with van der Waals surface area (Å²) >= 11 is 5.88. The van der Waals surface area contributed by atoms with Gasteiger partial charge in [-0.25, -0.2) is 0 Å². The van der Waals surface area contributed by atoms with E-state index in [4.69, 9.17) is 11.6 Å². The molecule has 0 radical (unpaired) electrons. The minimum atomic E-state index is -0.0175. The lowest BCUT2D eigenvalue weighted by Gasteiger charge is -2.42. The van der Waals surface area contributed by atoms with Crippen LogP contribution in [0.1, 0.15) is 28.8 Å². The Bertz CT molecular complexity index is 723. The van der Waals surface area contributed by atoms with Crippen molar-refractivity contribution in [3.05, 3.63) is 70.7 Å². The van der Waals surface area contributed by atoms with Crippen LogP contribution >= 0.6 is 11.6 Å². The third-order valence-corrected chi connectivity index (χ3v) is 5.64. The number of carbonyl (C=O) groups is 1. The van der Waals surface area contributed by atoms with Crippen LogP contribution in [-0.2, 0) is 6.54 Å².